The Hall–Kier alpha value is -1.51. The number of nitrogens with two attached hydrogens (primary N) is 1. The Labute approximate surface area is 125 Å². The molecule has 1 unspecified atom stereocenters. The van der Waals surface area contributed by atoms with Crippen molar-refractivity contribution in [1.29, 1.82) is 0 Å². The fourth-order valence-corrected chi connectivity index (χ4v) is 2.36. The number of rotatable bonds is 5. The highest BCUT2D eigenvalue weighted by atomic mass is 35.5. The van der Waals surface area contributed by atoms with Crippen LogP contribution in [-0.4, -0.2) is 0 Å². The summed E-state index contributed by atoms with van der Waals surface area (Å²) in [7, 11) is 0. The molecule has 1 atom stereocenters. The van der Waals surface area contributed by atoms with Gasteiger partial charge in [-0.15, -0.1) is 0 Å². The molecule has 0 bridgehead atoms. The lowest BCUT2D eigenvalue weighted by atomic mass is 10.0. The first-order valence-corrected chi connectivity index (χ1v) is 7.34. The van der Waals surface area contributed by atoms with Gasteiger partial charge in [-0.25, -0.2) is 0 Å². The summed E-state index contributed by atoms with van der Waals surface area (Å²) in [5.41, 5.74) is 8.24. The van der Waals surface area contributed by atoms with Crippen molar-refractivity contribution in [3.05, 3.63) is 58.6 Å². The van der Waals surface area contributed by atoms with Crippen molar-refractivity contribution < 1.29 is 4.74 Å². The molecule has 2 nitrogen and oxygen atoms in total. The fraction of sp³-hybridized carbons (Fsp3) is 0.294. The molecule has 106 valence electrons. The van der Waals surface area contributed by atoms with Gasteiger partial charge in [-0.2, -0.15) is 0 Å². The first kappa shape index (κ1) is 14.9. The minimum atomic E-state index is -0.0101. The average molecular weight is 290 g/mol. The van der Waals surface area contributed by atoms with Crippen LogP contribution in [-0.2, 0) is 6.42 Å². The minimum Gasteiger partial charge on any atom is -0.457 e. The Kier molecular flexibility index (Phi) is 5.05. The van der Waals surface area contributed by atoms with Crippen molar-refractivity contribution in [1.82, 2.24) is 0 Å². The zero-order valence-corrected chi connectivity index (χ0v) is 12.7. The second-order valence-electron chi connectivity index (χ2n) is 4.76. The summed E-state index contributed by atoms with van der Waals surface area (Å²) in [6, 6.07) is 13.6. The molecule has 0 fully saturated rings. The van der Waals surface area contributed by atoms with Crippen LogP contribution in [0.25, 0.3) is 0 Å². The quantitative estimate of drug-likeness (QED) is 0.830. The number of para-hydroxylation sites is 1. The molecule has 0 amide bonds. The van der Waals surface area contributed by atoms with Gasteiger partial charge in [-0.1, -0.05) is 43.6 Å². The SMILES string of the molecule is CCc1cc(Oc2ccccc2C(N)CC)ccc1Cl. The van der Waals surface area contributed by atoms with Gasteiger partial charge in [0.2, 0.25) is 0 Å². The molecule has 0 aliphatic heterocycles. The number of aryl methyl sites for hydroxylation is 1. The molecule has 0 saturated carbocycles. The zero-order chi connectivity index (χ0) is 14.5. The maximum Gasteiger partial charge on any atom is 0.132 e. The van der Waals surface area contributed by atoms with Crippen LogP contribution in [0.15, 0.2) is 42.5 Å². The van der Waals surface area contributed by atoms with Crippen LogP contribution in [0.2, 0.25) is 5.02 Å². The normalized spacial score (nSPS) is 12.2. The molecule has 3 heteroatoms. The monoisotopic (exact) mass is 289 g/mol. The van der Waals surface area contributed by atoms with Crippen LogP contribution in [0.4, 0.5) is 0 Å². The van der Waals surface area contributed by atoms with E-state index in [1.165, 1.54) is 0 Å². The molecule has 0 heterocycles. The highest BCUT2D eigenvalue weighted by Crippen LogP contribution is 2.31. The van der Waals surface area contributed by atoms with Crippen LogP contribution in [0.1, 0.15) is 37.4 Å². The van der Waals surface area contributed by atoms with E-state index in [4.69, 9.17) is 22.1 Å². The van der Waals surface area contributed by atoms with E-state index in [0.717, 1.165) is 40.5 Å². The Balaban J connectivity index is 2.30. The number of hydrogen-bond donors (Lipinski definition) is 1. The molecule has 2 aromatic carbocycles. The van der Waals surface area contributed by atoms with Crippen LogP contribution >= 0.6 is 11.6 Å². The van der Waals surface area contributed by atoms with Gasteiger partial charge in [-0.05, 0) is 42.7 Å². The molecule has 2 rings (SSSR count). The van der Waals surface area contributed by atoms with Crippen molar-refractivity contribution in [2.75, 3.05) is 0 Å². The third-order valence-electron chi connectivity index (χ3n) is 3.38. The summed E-state index contributed by atoms with van der Waals surface area (Å²) in [5.74, 6) is 1.60. The predicted molar refractivity (Wildman–Crippen MR) is 84.6 cm³/mol. The lowest BCUT2D eigenvalue weighted by Gasteiger charge is -2.16. The molecule has 0 radical (unpaired) electrons. The molecule has 20 heavy (non-hydrogen) atoms. The van der Waals surface area contributed by atoms with Crippen molar-refractivity contribution in [3.63, 3.8) is 0 Å². The van der Waals surface area contributed by atoms with Gasteiger partial charge in [0.1, 0.15) is 11.5 Å². The van der Waals surface area contributed by atoms with E-state index >= 15 is 0 Å². The second-order valence-corrected chi connectivity index (χ2v) is 5.17. The van der Waals surface area contributed by atoms with Gasteiger partial charge in [0.15, 0.2) is 0 Å². The maximum absolute atomic E-state index is 6.13. The first-order chi connectivity index (χ1) is 9.65. The molecule has 0 aromatic heterocycles. The van der Waals surface area contributed by atoms with Gasteiger partial charge in [0.25, 0.3) is 0 Å². The zero-order valence-electron chi connectivity index (χ0n) is 11.9. The van der Waals surface area contributed by atoms with Crippen LogP contribution < -0.4 is 10.5 Å². The number of halogens is 1. The Morgan fingerprint density at radius 1 is 1.15 bits per heavy atom. The number of hydrogen-bond acceptors (Lipinski definition) is 2. The van der Waals surface area contributed by atoms with Gasteiger partial charge in [0.05, 0.1) is 0 Å². The van der Waals surface area contributed by atoms with Crippen molar-refractivity contribution in [2.45, 2.75) is 32.7 Å². The Morgan fingerprint density at radius 2 is 1.90 bits per heavy atom. The topological polar surface area (TPSA) is 35.2 Å². The minimum absolute atomic E-state index is 0.0101. The van der Waals surface area contributed by atoms with Crippen LogP contribution in [0.3, 0.4) is 0 Å². The van der Waals surface area contributed by atoms with Crippen molar-refractivity contribution in [2.24, 2.45) is 5.73 Å². The fourth-order valence-electron chi connectivity index (χ4n) is 2.11. The van der Waals surface area contributed by atoms with Gasteiger partial charge in [-0.3, -0.25) is 0 Å². The molecule has 0 saturated heterocycles. The first-order valence-electron chi connectivity index (χ1n) is 6.96. The standard InChI is InChI=1S/C17H20ClNO/c1-3-12-11-13(9-10-15(12)18)20-17-8-6-5-7-14(17)16(19)4-2/h5-11,16H,3-4,19H2,1-2H3. The van der Waals surface area contributed by atoms with E-state index in [1.54, 1.807) is 0 Å². The van der Waals surface area contributed by atoms with Gasteiger partial charge >= 0.3 is 0 Å². The number of ether oxygens (including phenoxy) is 1. The third kappa shape index (κ3) is 3.33. The second kappa shape index (κ2) is 6.78. The Morgan fingerprint density at radius 3 is 2.60 bits per heavy atom. The summed E-state index contributed by atoms with van der Waals surface area (Å²) in [6.45, 7) is 4.14. The van der Waals surface area contributed by atoms with Gasteiger partial charge in [0, 0.05) is 16.6 Å². The predicted octanol–water partition coefficient (Wildman–Crippen LogP) is 5.10. The number of benzene rings is 2. The average Bonchev–Trinajstić information content (AvgIpc) is 2.49. The maximum atomic E-state index is 6.13. The highest BCUT2D eigenvalue weighted by Gasteiger charge is 2.11. The molecule has 0 aliphatic carbocycles. The summed E-state index contributed by atoms with van der Waals surface area (Å²) in [5, 5.41) is 0.776. The van der Waals surface area contributed by atoms with E-state index in [9.17, 15) is 0 Å². The van der Waals surface area contributed by atoms with Gasteiger partial charge < -0.3 is 10.5 Å². The van der Waals surface area contributed by atoms with Crippen LogP contribution in [0, 0.1) is 0 Å². The summed E-state index contributed by atoms with van der Waals surface area (Å²) < 4.78 is 5.99. The van der Waals surface area contributed by atoms with E-state index in [2.05, 4.69) is 13.8 Å². The molecule has 2 aromatic rings. The van der Waals surface area contributed by atoms with E-state index in [0.29, 0.717) is 0 Å². The van der Waals surface area contributed by atoms with Crippen LogP contribution in [0.5, 0.6) is 11.5 Å². The highest BCUT2D eigenvalue weighted by molar-refractivity contribution is 6.31. The largest absolute Gasteiger partial charge is 0.457 e. The van der Waals surface area contributed by atoms with Crippen molar-refractivity contribution >= 4 is 11.6 Å². The third-order valence-corrected chi connectivity index (χ3v) is 3.75. The van der Waals surface area contributed by atoms with Crippen molar-refractivity contribution in [3.8, 4) is 11.5 Å². The van der Waals surface area contributed by atoms with E-state index in [-0.39, 0.29) is 6.04 Å². The summed E-state index contributed by atoms with van der Waals surface area (Å²) in [6.07, 6.45) is 1.76. The lowest BCUT2D eigenvalue weighted by Crippen LogP contribution is -2.09. The molecular formula is C17H20ClNO. The molecule has 0 spiro atoms. The van der Waals surface area contributed by atoms with E-state index in [1.807, 2.05) is 42.5 Å². The smallest absolute Gasteiger partial charge is 0.132 e. The molecular weight excluding hydrogens is 270 g/mol. The summed E-state index contributed by atoms with van der Waals surface area (Å²) >= 11 is 6.13. The Bertz CT molecular complexity index is 583. The van der Waals surface area contributed by atoms with E-state index < -0.39 is 0 Å². The molecule has 0 aliphatic rings. The lowest BCUT2D eigenvalue weighted by molar-refractivity contribution is 0.468. The summed E-state index contributed by atoms with van der Waals surface area (Å²) in [4.78, 5) is 0. The molecule has 2 N–H and O–H groups in total.